The van der Waals surface area contributed by atoms with E-state index >= 15 is 0 Å². The second-order valence-corrected chi connectivity index (χ2v) is 7.39. The Hall–Kier alpha value is -1.71. The minimum absolute atomic E-state index is 0.0356. The molecule has 2 aromatic heterocycles. The van der Waals surface area contributed by atoms with Crippen LogP contribution in [0.4, 0.5) is 0 Å². The highest BCUT2D eigenvalue weighted by atomic mass is 79.9. The molecule has 2 heterocycles. The maximum atomic E-state index is 12.3. The van der Waals surface area contributed by atoms with Gasteiger partial charge in [0.1, 0.15) is 6.54 Å². The molecule has 124 valence electrons. The number of ether oxygens (including phenoxy) is 1. The number of methoxy groups -OCH3 is 1. The van der Waals surface area contributed by atoms with Crippen LogP contribution in [0.1, 0.15) is 10.6 Å². The van der Waals surface area contributed by atoms with E-state index in [1.54, 1.807) is 10.6 Å². The van der Waals surface area contributed by atoms with Crippen LogP contribution in [0.15, 0.2) is 48.9 Å². The van der Waals surface area contributed by atoms with Crippen molar-refractivity contribution in [2.45, 2.75) is 6.54 Å². The lowest BCUT2D eigenvalue weighted by Gasteiger charge is -2.03. The van der Waals surface area contributed by atoms with E-state index in [-0.39, 0.29) is 12.3 Å². The third-order valence-electron chi connectivity index (χ3n) is 3.14. The zero-order valence-corrected chi connectivity index (χ0v) is 16.3. The highest BCUT2D eigenvalue weighted by Crippen LogP contribution is 2.22. The van der Waals surface area contributed by atoms with Gasteiger partial charge in [-0.05, 0) is 46.3 Å². The molecular weight excluding hydrogens is 464 g/mol. The predicted molar refractivity (Wildman–Crippen MR) is 95.8 cm³/mol. The third kappa shape index (κ3) is 3.52. The summed E-state index contributed by atoms with van der Waals surface area (Å²) in [5.74, 6) is -0.831. The Morgan fingerprint density at radius 1 is 1.29 bits per heavy atom. The van der Waals surface area contributed by atoms with Gasteiger partial charge in [-0.2, -0.15) is 4.99 Å². The molecule has 9 heteroatoms. The van der Waals surface area contributed by atoms with Crippen LogP contribution in [-0.4, -0.2) is 23.6 Å². The lowest BCUT2D eigenvalue weighted by Crippen LogP contribution is -2.22. The molecule has 0 unspecified atom stereocenters. The van der Waals surface area contributed by atoms with Crippen molar-refractivity contribution in [3.8, 4) is 0 Å². The summed E-state index contributed by atoms with van der Waals surface area (Å²) >= 11 is 7.86. The maximum absolute atomic E-state index is 12.3. The molecular formula is C15H10Br2N2O4S. The van der Waals surface area contributed by atoms with Crippen molar-refractivity contribution in [2.24, 2.45) is 4.99 Å². The Labute approximate surface area is 157 Å². The first-order valence-corrected chi connectivity index (χ1v) is 9.08. The average Bonchev–Trinajstić information content (AvgIpc) is 3.11. The lowest BCUT2D eigenvalue weighted by atomic mass is 10.3. The molecule has 0 aliphatic heterocycles. The number of fused-ring (bicyclic) bond motifs is 1. The number of halogens is 2. The summed E-state index contributed by atoms with van der Waals surface area (Å²) in [5.41, 5.74) is 0.792. The number of furan rings is 1. The van der Waals surface area contributed by atoms with Crippen molar-refractivity contribution >= 4 is 65.3 Å². The molecule has 0 saturated heterocycles. The Morgan fingerprint density at radius 2 is 2.08 bits per heavy atom. The number of carbonyl (C=O) groups is 2. The molecule has 0 saturated carbocycles. The standard InChI is InChI=1S/C15H10Br2N2O4S/c1-22-13(20)7-19-9-3-2-8(16)6-11(9)24-15(19)18-14(21)10-4-5-12(17)23-10/h2-6H,7H2,1H3. The summed E-state index contributed by atoms with van der Waals surface area (Å²) in [6.45, 7) is -0.0356. The Bertz CT molecular complexity index is 1000. The second kappa shape index (κ2) is 7.04. The number of rotatable bonds is 3. The number of aromatic nitrogens is 1. The number of esters is 1. The zero-order valence-electron chi connectivity index (χ0n) is 12.3. The van der Waals surface area contributed by atoms with Crippen molar-refractivity contribution in [3.63, 3.8) is 0 Å². The van der Waals surface area contributed by atoms with Crippen molar-refractivity contribution in [1.82, 2.24) is 4.57 Å². The van der Waals surface area contributed by atoms with Gasteiger partial charge in [-0.3, -0.25) is 9.59 Å². The molecule has 3 aromatic rings. The zero-order chi connectivity index (χ0) is 17.3. The number of hydrogen-bond acceptors (Lipinski definition) is 5. The summed E-state index contributed by atoms with van der Waals surface area (Å²) in [6.07, 6.45) is 0. The van der Waals surface area contributed by atoms with Gasteiger partial charge in [0.25, 0.3) is 0 Å². The fourth-order valence-corrected chi connectivity index (χ4v) is 3.94. The van der Waals surface area contributed by atoms with Crippen LogP contribution in [0.3, 0.4) is 0 Å². The fraction of sp³-hybridized carbons (Fsp3) is 0.133. The molecule has 6 nitrogen and oxygen atoms in total. The van der Waals surface area contributed by atoms with Crippen LogP contribution in [0.5, 0.6) is 0 Å². The second-order valence-electron chi connectivity index (χ2n) is 4.68. The van der Waals surface area contributed by atoms with Gasteiger partial charge in [0.15, 0.2) is 15.2 Å². The molecule has 0 spiro atoms. The molecule has 1 aromatic carbocycles. The van der Waals surface area contributed by atoms with E-state index in [0.717, 1.165) is 14.7 Å². The van der Waals surface area contributed by atoms with Crippen molar-refractivity contribution in [3.05, 3.63) is 50.0 Å². The van der Waals surface area contributed by atoms with Gasteiger partial charge in [0.05, 0.1) is 17.3 Å². The van der Waals surface area contributed by atoms with E-state index < -0.39 is 11.9 Å². The van der Waals surface area contributed by atoms with Crippen LogP contribution in [0.25, 0.3) is 10.2 Å². The highest BCUT2D eigenvalue weighted by Gasteiger charge is 2.14. The minimum Gasteiger partial charge on any atom is -0.468 e. The van der Waals surface area contributed by atoms with Gasteiger partial charge in [-0.25, -0.2) is 0 Å². The summed E-state index contributed by atoms with van der Waals surface area (Å²) < 4.78 is 13.8. The Morgan fingerprint density at radius 3 is 2.75 bits per heavy atom. The lowest BCUT2D eigenvalue weighted by molar-refractivity contribution is -0.141. The molecule has 0 aliphatic rings. The number of amides is 1. The van der Waals surface area contributed by atoms with E-state index in [1.165, 1.54) is 24.5 Å². The average molecular weight is 474 g/mol. The summed E-state index contributed by atoms with van der Waals surface area (Å²) in [4.78, 5) is 28.5. The number of nitrogens with zero attached hydrogens (tertiary/aromatic N) is 2. The quantitative estimate of drug-likeness (QED) is 0.543. The van der Waals surface area contributed by atoms with Crippen molar-refractivity contribution in [2.75, 3.05) is 7.11 Å². The topological polar surface area (TPSA) is 73.8 Å². The van der Waals surface area contributed by atoms with Gasteiger partial charge in [0.2, 0.25) is 0 Å². The van der Waals surface area contributed by atoms with E-state index in [0.29, 0.717) is 9.47 Å². The van der Waals surface area contributed by atoms with Gasteiger partial charge in [-0.15, -0.1) is 0 Å². The number of carbonyl (C=O) groups excluding carboxylic acids is 2. The van der Waals surface area contributed by atoms with Crippen LogP contribution in [0.2, 0.25) is 0 Å². The van der Waals surface area contributed by atoms with Crippen molar-refractivity contribution < 1.29 is 18.7 Å². The summed E-state index contributed by atoms with van der Waals surface area (Å²) in [7, 11) is 1.32. The highest BCUT2D eigenvalue weighted by molar-refractivity contribution is 9.10. The molecule has 0 atom stereocenters. The van der Waals surface area contributed by atoms with Gasteiger partial charge in [0, 0.05) is 4.47 Å². The number of hydrogen-bond donors (Lipinski definition) is 0. The molecule has 0 bridgehead atoms. The first-order chi connectivity index (χ1) is 11.5. The van der Waals surface area contributed by atoms with Gasteiger partial charge < -0.3 is 13.7 Å². The molecule has 1 amide bonds. The van der Waals surface area contributed by atoms with E-state index in [1.807, 2.05) is 18.2 Å². The van der Waals surface area contributed by atoms with Crippen LogP contribution < -0.4 is 4.80 Å². The van der Waals surface area contributed by atoms with E-state index in [4.69, 9.17) is 9.15 Å². The van der Waals surface area contributed by atoms with Crippen LogP contribution >= 0.6 is 43.2 Å². The first-order valence-electron chi connectivity index (χ1n) is 6.68. The maximum Gasteiger partial charge on any atom is 0.325 e. The van der Waals surface area contributed by atoms with Crippen LogP contribution in [0, 0.1) is 0 Å². The molecule has 0 radical (unpaired) electrons. The summed E-state index contributed by atoms with van der Waals surface area (Å²) in [5, 5.41) is 0. The molecule has 0 N–H and O–H groups in total. The Balaban J connectivity index is 2.14. The number of benzene rings is 1. The third-order valence-corrected chi connectivity index (χ3v) is 5.10. The number of thiazole rings is 1. The largest absolute Gasteiger partial charge is 0.468 e. The first kappa shape index (κ1) is 17.1. The molecule has 24 heavy (non-hydrogen) atoms. The van der Waals surface area contributed by atoms with Crippen LogP contribution in [-0.2, 0) is 16.1 Å². The normalized spacial score (nSPS) is 11.9. The molecule has 3 rings (SSSR count). The Kier molecular flexibility index (Phi) is 5.02. The molecule has 0 aliphatic carbocycles. The monoisotopic (exact) mass is 472 g/mol. The van der Waals surface area contributed by atoms with Gasteiger partial charge >= 0.3 is 11.9 Å². The molecule has 0 fully saturated rings. The minimum atomic E-state index is -0.523. The van der Waals surface area contributed by atoms with E-state index in [9.17, 15) is 9.59 Å². The van der Waals surface area contributed by atoms with Gasteiger partial charge in [-0.1, -0.05) is 27.3 Å². The predicted octanol–water partition coefficient (Wildman–Crippen LogP) is 3.73. The SMILES string of the molecule is COC(=O)Cn1c(=NC(=O)c2ccc(Br)o2)sc2cc(Br)ccc21. The fourth-order valence-electron chi connectivity index (χ4n) is 2.05. The van der Waals surface area contributed by atoms with Crippen molar-refractivity contribution in [1.29, 1.82) is 0 Å². The summed E-state index contributed by atoms with van der Waals surface area (Å²) in [6, 6.07) is 8.77. The smallest absolute Gasteiger partial charge is 0.325 e. The van der Waals surface area contributed by atoms with E-state index in [2.05, 4.69) is 36.9 Å².